The van der Waals surface area contributed by atoms with E-state index in [1.165, 1.54) is 10.8 Å². The molecule has 3 heterocycles. The highest BCUT2D eigenvalue weighted by atomic mass is 35.5. The molecule has 3 N–H and O–H groups in total. The number of nitrogens with one attached hydrogen (secondary N) is 1. The summed E-state index contributed by atoms with van der Waals surface area (Å²) >= 11 is 6.40. The number of pyridine rings is 1. The van der Waals surface area contributed by atoms with Gasteiger partial charge in [0.05, 0.1) is 23.3 Å². The largest absolute Gasteiger partial charge is 0.438 e. The van der Waals surface area contributed by atoms with Crippen molar-refractivity contribution >= 4 is 57.7 Å². The molecule has 0 bridgehead atoms. The lowest BCUT2D eigenvalue weighted by molar-refractivity contribution is -0.156. The molecule has 19 heteroatoms. The molecule has 0 aromatic carbocycles. The van der Waals surface area contributed by atoms with Gasteiger partial charge in [-0.1, -0.05) is 52.1 Å². The van der Waals surface area contributed by atoms with Crippen LogP contribution in [0.1, 0.15) is 78.0 Å². The van der Waals surface area contributed by atoms with Gasteiger partial charge in [0, 0.05) is 17.6 Å². The van der Waals surface area contributed by atoms with Gasteiger partial charge in [-0.2, -0.15) is 5.26 Å². The second kappa shape index (κ2) is 17.1. The minimum Gasteiger partial charge on any atom is -0.438 e. The van der Waals surface area contributed by atoms with Crippen LogP contribution in [0.5, 0.6) is 0 Å². The molecule has 50 heavy (non-hydrogen) atoms. The van der Waals surface area contributed by atoms with Crippen LogP contribution < -0.4 is 5.32 Å². The highest BCUT2D eigenvalue weighted by molar-refractivity contribution is 7.97. The van der Waals surface area contributed by atoms with E-state index in [2.05, 4.69) is 16.4 Å². The van der Waals surface area contributed by atoms with E-state index in [9.17, 15) is 38.0 Å². The first-order valence-corrected chi connectivity index (χ1v) is 20.4. The number of carbonyl (C=O) groups excluding carboxylic acids is 2. The number of esters is 2. The number of fused-ring (bicyclic) bond motifs is 1. The normalized spacial score (nSPS) is 23.6. The van der Waals surface area contributed by atoms with Gasteiger partial charge in [0.15, 0.2) is 26.7 Å². The van der Waals surface area contributed by atoms with Crippen LogP contribution in [0.15, 0.2) is 12.3 Å². The highest BCUT2D eigenvalue weighted by Crippen LogP contribution is 2.50. The van der Waals surface area contributed by atoms with Crippen LogP contribution >= 0.6 is 19.2 Å². The zero-order chi connectivity index (χ0) is 36.8. The number of anilines is 1. The molecule has 0 amide bonds. The predicted molar refractivity (Wildman–Crippen MR) is 181 cm³/mol. The average Bonchev–Trinajstić information content (AvgIpc) is 3.80. The molecule has 2 fully saturated rings. The Morgan fingerprint density at radius 3 is 2.24 bits per heavy atom. The second-order valence-electron chi connectivity index (χ2n) is 12.6. The quantitative estimate of drug-likeness (QED) is 0.0887. The number of hydrogen-bond donors (Lipinski definition) is 3. The summed E-state index contributed by atoms with van der Waals surface area (Å²) in [5.74, 6) is -3.30. The van der Waals surface area contributed by atoms with E-state index >= 15 is 0 Å². The molecule has 0 radical (unpaired) electrons. The Morgan fingerprint density at radius 2 is 1.70 bits per heavy atom. The average molecular weight is 763 g/mol. The lowest BCUT2D eigenvalue weighted by atomic mass is 10.1. The summed E-state index contributed by atoms with van der Waals surface area (Å²) in [6.07, 6.45) is 0.138. The van der Waals surface area contributed by atoms with Crippen molar-refractivity contribution in [3.63, 3.8) is 0 Å². The minimum atomic E-state index is -4.66. The summed E-state index contributed by atoms with van der Waals surface area (Å²) in [6, 6.07) is 3.86. The molecule has 2 aliphatic rings. The predicted octanol–water partition coefficient (Wildman–Crippen LogP) is 4.23. The van der Waals surface area contributed by atoms with Crippen LogP contribution in [0, 0.1) is 23.2 Å². The van der Waals surface area contributed by atoms with Gasteiger partial charge in [0.25, 0.3) is 0 Å². The number of sulfone groups is 1. The first kappa shape index (κ1) is 40.0. The number of rotatable bonds is 17. The molecular formula is C31H44ClN4O12PS. The van der Waals surface area contributed by atoms with Crippen LogP contribution in [0.25, 0.3) is 11.0 Å². The SMILES string of the molecule is CC[C@@H](C)C(=O)OCOP(=O)(CS(=O)(=O)C[C@H]1O[C@@H](n2ccc3c(NC4CCCC4)c(C#N)c(Cl)nc32)[C@H](O)[C@@H]1O)OCOC(=O)[C@@H](C)CC. The van der Waals surface area contributed by atoms with Crippen molar-refractivity contribution in [2.24, 2.45) is 11.8 Å². The van der Waals surface area contributed by atoms with Gasteiger partial charge in [-0.15, -0.1) is 0 Å². The van der Waals surface area contributed by atoms with E-state index in [1.54, 1.807) is 33.8 Å². The minimum absolute atomic E-state index is 0.0898. The molecule has 16 nitrogen and oxygen atoms in total. The Morgan fingerprint density at radius 1 is 1.12 bits per heavy atom. The smallest absolute Gasteiger partial charge is 0.351 e. The molecule has 1 aliphatic heterocycles. The number of nitriles is 1. The third-order valence-corrected chi connectivity index (χ3v) is 13.9. The van der Waals surface area contributed by atoms with E-state index in [0.29, 0.717) is 23.9 Å². The topological polar surface area (TPSA) is 226 Å². The number of halogens is 1. The molecule has 2 aromatic rings. The van der Waals surface area contributed by atoms with Gasteiger partial charge >= 0.3 is 19.5 Å². The zero-order valence-corrected chi connectivity index (χ0v) is 30.8. The number of aliphatic hydroxyl groups is 2. The standard InChI is InChI=1S/C31H44ClN4O12PS/c1-5-18(3)30(39)44-15-46-49(41,47-16-45-31(40)19(4)6-2)17-50(42,43)14-23-25(37)26(38)29(48-23)36-12-11-21-24(34-20-9-7-8-10-20)22(13-33)27(32)35-28(21)36/h11-12,18-20,23,25-26,29,37-38H,5-10,14-17H2,1-4H3,(H,34,35)/t18-,19+,23-,25-,26-,29-,49?/m1/s1. The van der Waals surface area contributed by atoms with E-state index in [1.807, 2.05) is 0 Å². The Hall–Kier alpha value is -2.81. The van der Waals surface area contributed by atoms with E-state index in [4.69, 9.17) is 34.9 Å². The van der Waals surface area contributed by atoms with Crippen molar-refractivity contribution in [3.05, 3.63) is 23.0 Å². The maximum Gasteiger partial charge on any atom is 0.351 e. The number of aromatic nitrogens is 2. The van der Waals surface area contributed by atoms with Crippen molar-refractivity contribution < 1.29 is 56.0 Å². The summed E-state index contributed by atoms with van der Waals surface area (Å²) in [4.78, 5) is 28.5. The first-order valence-electron chi connectivity index (χ1n) is 16.4. The number of hydrogen-bond acceptors (Lipinski definition) is 15. The fourth-order valence-corrected chi connectivity index (χ4v) is 10.0. The fourth-order valence-electron chi connectivity index (χ4n) is 5.57. The molecule has 278 valence electrons. The Bertz CT molecular complexity index is 1700. The van der Waals surface area contributed by atoms with Crippen molar-refractivity contribution in [1.29, 1.82) is 5.26 Å². The van der Waals surface area contributed by atoms with Gasteiger partial charge in [0.2, 0.25) is 13.6 Å². The molecule has 4 rings (SSSR count). The van der Waals surface area contributed by atoms with Gasteiger partial charge in [0.1, 0.15) is 35.6 Å². The van der Waals surface area contributed by atoms with Gasteiger partial charge < -0.3 is 34.3 Å². The highest BCUT2D eigenvalue weighted by Gasteiger charge is 2.47. The number of nitrogens with zero attached hydrogens (tertiary/aromatic N) is 3. The molecular weight excluding hydrogens is 719 g/mol. The number of ether oxygens (including phenoxy) is 3. The molecule has 1 saturated heterocycles. The van der Waals surface area contributed by atoms with Crippen LogP contribution in [-0.2, 0) is 47.2 Å². The Kier molecular flexibility index (Phi) is 13.7. The van der Waals surface area contributed by atoms with Crippen molar-refractivity contribution in [2.45, 2.75) is 96.8 Å². The summed E-state index contributed by atoms with van der Waals surface area (Å²) in [6.45, 7) is 4.90. The maximum absolute atomic E-state index is 13.6. The van der Waals surface area contributed by atoms with E-state index < -0.39 is 90.6 Å². The molecule has 1 saturated carbocycles. The molecule has 1 unspecified atom stereocenters. The lowest BCUT2D eigenvalue weighted by Crippen LogP contribution is -2.36. The van der Waals surface area contributed by atoms with Gasteiger partial charge in [-0.05, 0) is 31.7 Å². The Balaban J connectivity index is 1.51. The summed E-state index contributed by atoms with van der Waals surface area (Å²) < 4.78 is 67.8. The second-order valence-corrected chi connectivity index (χ2v) is 17.5. The summed E-state index contributed by atoms with van der Waals surface area (Å²) in [5, 5.41) is 35.5. The summed E-state index contributed by atoms with van der Waals surface area (Å²) in [5.41, 5.74) is -0.412. The van der Waals surface area contributed by atoms with Crippen LogP contribution in [0.3, 0.4) is 0 Å². The number of aliphatic hydroxyl groups excluding tert-OH is 2. The van der Waals surface area contributed by atoms with Crippen LogP contribution in [-0.4, -0.2) is 89.3 Å². The van der Waals surface area contributed by atoms with Crippen molar-refractivity contribution in [2.75, 3.05) is 30.1 Å². The molecule has 7 atom stereocenters. The van der Waals surface area contributed by atoms with Crippen molar-refractivity contribution in [3.8, 4) is 6.07 Å². The molecule has 0 spiro atoms. The lowest BCUT2D eigenvalue weighted by Gasteiger charge is -2.21. The van der Waals surface area contributed by atoms with Crippen LogP contribution in [0.4, 0.5) is 5.69 Å². The monoisotopic (exact) mass is 762 g/mol. The third-order valence-electron chi connectivity index (χ3n) is 8.95. The number of carbonyl (C=O) groups is 2. The molecule has 2 aromatic heterocycles. The van der Waals surface area contributed by atoms with E-state index in [-0.39, 0.29) is 22.4 Å². The molecule has 1 aliphatic carbocycles. The van der Waals surface area contributed by atoms with E-state index in [0.717, 1.165) is 25.7 Å². The van der Waals surface area contributed by atoms with Gasteiger partial charge in [-0.25, -0.2) is 13.4 Å². The Labute approximate surface area is 295 Å². The van der Waals surface area contributed by atoms with Crippen molar-refractivity contribution in [1.82, 2.24) is 9.55 Å². The zero-order valence-electron chi connectivity index (χ0n) is 28.3. The summed E-state index contributed by atoms with van der Waals surface area (Å²) in [7, 11) is -9.13. The first-order chi connectivity index (χ1) is 23.6. The van der Waals surface area contributed by atoms with Gasteiger partial charge in [-0.3, -0.25) is 23.2 Å². The fraction of sp³-hybridized carbons (Fsp3) is 0.677. The maximum atomic E-state index is 13.6. The van der Waals surface area contributed by atoms with Crippen LogP contribution in [0.2, 0.25) is 5.15 Å². The third kappa shape index (κ3) is 9.54.